The summed E-state index contributed by atoms with van der Waals surface area (Å²) in [5, 5.41) is 10.1. The molecule has 0 aliphatic heterocycles. The Balaban J connectivity index is 1.91. The van der Waals surface area contributed by atoms with Crippen molar-refractivity contribution >= 4 is 11.7 Å². The number of amides is 1. The number of aromatic nitrogens is 3. The van der Waals surface area contributed by atoms with Crippen LogP contribution in [-0.2, 0) is 6.42 Å². The molecule has 1 amide bonds. The second kappa shape index (κ2) is 7.06. The van der Waals surface area contributed by atoms with Gasteiger partial charge >= 0.3 is 0 Å². The minimum absolute atomic E-state index is 0.0135. The first-order valence-corrected chi connectivity index (χ1v) is 7.42. The normalized spacial score (nSPS) is 10.5. The zero-order valence-corrected chi connectivity index (χ0v) is 13.6. The Morgan fingerprint density at radius 2 is 2.18 bits per heavy atom. The van der Waals surface area contributed by atoms with Gasteiger partial charge in [0.1, 0.15) is 5.82 Å². The number of hydrogen-bond acceptors (Lipinski definition) is 4. The smallest absolute Gasteiger partial charge is 0.253 e. The number of carbonyl (C=O) groups is 1. The fraction of sp³-hybridized carbons (Fsp3) is 0.438. The van der Waals surface area contributed by atoms with Crippen molar-refractivity contribution < 1.29 is 4.79 Å². The number of carbonyl (C=O) groups excluding carboxylic acids is 1. The van der Waals surface area contributed by atoms with E-state index in [0.29, 0.717) is 17.9 Å². The molecule has 0 aromatic carbocycles. The molecule has 0 saturated heterocycles. The number of H-pyrrole nitrogens is 1. The minimum Gasteiger partial charge on any atom is -0.373 e. The second-order valence-corrected chi connectivity index (χ2v) is 5.42. The monoisotopic (exact) mass is 301 g/mol. The molecule has 0 aliphatic carbocycles. The van der Waals surface area contributed by atoms with Gasteiger partial charge in [-0.2, -0.15) is 5.10 Å². The van der Waals surface area contributed by atoms with Crippen molar-refractivity contribution in [3.8, 4) is 0 Å². The molecule has 6 nitrogen and oxygen atoms in total. The van der Waals surface area contributed by atoms with Crippen LogP contribution in [0.1, 0.15) is 33.7 Å². The van der Waals surface area contributed by atoms with E-state index in [1.54, 1.807) is 30.3 Å². The SMILES string of the molecule is CNc1cc(C(=O)N(C)CCCc2c(C)n[nH]c2C)ccn1. The highest BCUT2D eigenvalue weighted by molar-refractivity contribution is 5.94. The van der Waals surface area contributed by atoms with Crippen molar-refractivity contribution in [3.63, 3.8) is 0 Å². The standard InChI is InChI=1S/C16H23N5O/c1-11-14(12(2)20-19-11)6-5-9-21(4)16(22)13-7-8-18-15(10-13)17-3/h7-8,10H,5-6,9H2,1-4H3,(H,17,18)(H,19,20). The lowest BCUT2D eigenvalue weighted by molar-refractivity contribution is 0.0793. The van der Waals surface area contributed by atoms with Gasteiger partial charge in [0.25, 0.3) is 5.91 Å². The summed E-state index contributed by atoms with van der Waals surface area (Å²) >= 11 is 0. The molecule has 0 atom stereocenters. The molecular weight excluding hydrogens is 278 g/mol. The summed E-state index contributed by atoms with van der Waals surface area (Å²) in [5.74, 6) is 0.712. The first-order chi connectivity index (χ1) is 10.5. The van der Waals surface area contributed by atoms with E-state index in [4.69, 9.17) is 0 Å². The predicted octanol–water partition coefficient (Wildman–Crippen LogP) is 2.17. The number of aromatic amines is 1. The van der Waals surface area contributed by atoms with E-state index < -0.39 is 0 Å². The zero-order valence-electron chi connectivity index (χ0n) is 13.6. The molecule has 118 valence electrons. The third-order valence-electron chi connectivity index (χ3n) is 3.81. The topological polar surface area (TPSA) is 73.9 Å². The molecule has 2 aromatic heterocycles. The van der Waals surface area contributed by atoms with Crippen LogP contribution >= 0.6 is 0 Å². The number of anilines is 1. The van der Waals surface area contributed by atoms with Gasteiger partial charge in [-0.15, -0.1) is 0 Å². The Morgan fingerprint density at radius 1 is 1.41 bits per heavy atom. The lowest BCUT2D eigenvalue weighted by Gasteiger charge is -2.17. The molecule has 0 aliphatic rings. The predicted molar refractivity (Wildman–Crippen MR) is 87.1 cm³/mol. The lowest BCUT2D eigenvalue weighted by atomic mass is 10.1. The summed E-state index contributed by atoms with van der Waals surface area (Å²) in [6.07, 6.45) is 3.47. The van der Waals surface area contributed by atoms with Crippen molar-refractivity contribution in [1.29, 1.82) is 0 Å². The summed E-state index contributed by atoms with van der Waals surface area (Å²) in [4.78, 5) is 18.3. The maximum Gasteiger partial charge on any atom is 0.253 e. The number of nitrogens with one attached hydrogen (secondary N) is 2. The maximum absolute atomic E-state index is 12.4. The molecule has 2 rings (SSSR count). The highest BCUT2D eigenvalue weighted by atomic mass is 16.2. The average Bonchev–Trinajstić information content (AvgIpc) is 2.85. The van der Waals surface area contributed by atoms with E-state index in [2.05, 4.69) is 20.5 Å². The Hall–Kier alpha value is -2.37. The van der Waals surface area contributed by atoms with Crippen LogP contribution in [0.3, 0.4) is 0 Å². The van der Waals surface area contributed by atoms with Crippen molar-refractivity contribution in [3.05, 3.63) is 40.8 Å². The molecule has 0 saturated carbocycles. The van der Waals surface area contributed by atoms with E-state index >= 15 is 0 Å². The van der Waals surface area contributed by atoms with Gasteiger partial charge < -0.3 is 10.2 Å². The molecule has 2 N–H and O–H groups in total. The number of aryl methyl sites for hydroxylation is 2. The number of nitrogens with zero attached hydrogens (tertiary/aromatic N) is 3. The maximum atomic E-state index is 12.4. The Bertz CT molecular complexity index is 630. The van der Waals surface area contributed by atoms with E-state index in [0.717, 1.165) is 24.2 Å². The van der Waals surface area contributed by atoms with Gasteiger partial charge in [0.15, 0.2) is 0 Å². The molecule has 0 bridgehead atoms. The molecule has 0 radical (unpaired) electrons. The second-order valence-electron chi connectivity index (χ2n) is 5.42. The summed E-state index contributed by atoms with van der Waals surface area (Å²) in [5.41, 5.74) is 4.05. The number of pyridine rings is 1. The fourth-order valence-corrected chi connectivity index (χ4v) is 2.46. The van der Waals surface area contributed by atoms with Crippen LogP contribution in [0.4, 0.5) is 5.82 Å². The zero-order chi connectivity index (χ0) is 16.1. The molecular formula is C16H23N5O. The third kappa shape index (κ3) is 3.63. The van der Waals surface area contributed by atoms with Crippen LogP contribution in [0.2, 0.25) is 0 Å². The summed E-state index contributed by atoms with van der Waals surface area (Å²) in [6, 6.07) is 3.51. The van der Waals surface area contributed by atoms with Gasteiger partial charge in [-0.3, -0.25) is 9.89 Å². The molecule has 2 heterocycles. The molecule has 0 spiro atoms. The van der Waals surface area contributed by atoms with Gasteiger partial charge in [-0.1, -0.05) is 0 Å². The summed E-state index contributed by atoms with van der Waals surface area (Å²) in [7, 11) is 3.62. The highest BCUT2D eigenvalue weighted by Crippen LogP contribution is 2.13. The Labute approximate surface area is 130 Å². The third-order valence-corrected chi connectivity index (χ3v) is 3.81. The highest BCUT2D eigenvalue weighted by Gasteiger charge is 2.13. The molecule has 0 unspecified atom stereocenters. The van der Waals surface area contributed by atoms with Crippen LogP contribution in [0.25, 0.3) is 0 Å². The van der Waals surface area contributed by atoms with Gasteiger partial charge in [-0.05, 0) is 44.4 Å². The molecule has 0 fully saturated rings. The quantitative estimate of drug-likeness (QED) is 0.857. The first-order valence-electron chi connectivity index (χ1n) is 7.42. The van der Waals surface area contributed by atoms with Gasteiger partial charge in [0, 0.05) is 38.1 Å². The Morgan fingerprint density at radius 3 is 2.82 bits per heavy atom. The summed E-state index contributed by atoms with van der Waals surface area (Å²) in [6.45, 7) is 4.74. The van der Waals surface area contributed by atoms with E-state index in [9.17, 15) is 4.79 Å². The van der Waals surface area contributed by atoms with Crippen LogP contribution in [-0.4, -0.2) is 46.6 Å². The Kier molecular flexibility index (Phi) is 5.14. The lowest BCUT2D eigenvalue weighted by Crippen LogP contribution is -2.28. The average molecular weight is 301 g/mol. The summed E-state index contributed by atoms with van der Waals surface area (Å²) < 4.78 is 0. The van der Waals surface area contributed by atoms with Gasteiger partial charge in [0.05, 0.1) is 5.69 Å². The van der Waals surface area contributed by atoms with Crippen molar-refractivity contribution in [2.24, 2.45) is 0 Å². The van der Waals surface area contributed by atoms with Crippen molar-refractivity contribution in [2.45, 2.75) is 26.7 Å². The van der Waals surface area contributed by atoms with Crippen LogP contribution in [0, 0.1) is 13.8 Å². The van der Waals surface area contributed by atoms with Gasteiger partial charge in [0.2, 0.25) is 0 Å². The molecule has 6 heteroatoms. The number of hydrogen-bond donors (Lipinski definition) is 2. The van der Waals surface area contributed by atoms with Crippen LogP contribution in [0.15, 0.2) is 18.3 Å². The van der Waals surface area contributed by atoms with E-state index in [-0.39, 0.29) is 5.91 Å². The minimum atomic E-state index is 0.0135. The van der Waals surface area contributed by atoms with Crippen molar-refractivity contribution in [2.75, 3.05) is 26.0 Å². The van der Waals surface area contributed by atoms with Crippen molar-refractivity contribution in [1.82, 2.24) is 20.1 Å². The van der Waals surface area contributed by atoms with Gasteiger partial charge in [-0.25, -0.2) is 4.98 Å². The largest absolute Gasteiger partial charge is 0.373 e. The van der Waals surface area contributed by atoms with Crippen LogP contribution in [0.5, 0.6) is 0 Å². The van der Waals surface area contributed by atoms with E-state index in [1.165, 1.54) is 5.56 Å². The van der Waals surface area contributed by atoms with Crippen LogP contribution < -0.4 is 5.32 Å². The van der Waals surface area contributed by atoms with E-state index in [1.807, 2.05) is 20.9 Å². The fourth-order valence-electron chi connectivity index (χ4n) is 2.46. The molecule has 22 heavy (non-hydrogen) atoms. The first kappa shape index (κ1) is 16.0. The molecule has 2 aromatic rings. The number of rotatable bonds is 6.